The monoisotopic (exact) mass is 637 g/mol. The maximum Gasteiger partial charge on any atom is 0.0468 e. The molecule has 1 nitrogen and oxygen atoms in total. The fourth-order valence-electron chi connectivity index (χ4n) is 8.60. The smallest absolute Gasteiger partial charge is 0.0468 e. The number of nitrogens with zero attached hydrogens (tertiary/aromatic N) is 1. The number of anilines is 3. The lowest BCUT2D eigenvalue weighted by molar-refractivity contribution is 0.299. The highest BCUT2D eigenvalue weighted by atomic mass is 15.1. The quantitative estimate of drug-likeness (QED) is 0.186. The Bertz CT molecular complexity index is 2220. The summed E-state index contributed by atoms with van der Waals surface area (Å²) in [6, 6.07) is 52.1. The van der Waals surface area contributed by atoms with E-state index in [-0.39, 0.29) is 21.7 Å². The molecule has 0 amide bonds. The molecule has 0 unspecified atom stereocenters. The highest BCUT2D eigenvalue weighted by Gasteiger charge is 2.47. The topological polar surface area (TPSA) is 3.24 Å². The Morgan fingerprint density at radius 1 is 0.306 bits per heavy atom. The molecule has 0 bridgehead atoms. The largest absolute Gasteiger partial charge is 0.310 e. The van der Waals surface area contributed by atoms with Crippen LogP contribution in [0.15, 0.2) is 140 Å². The molecule has 0 spiro atoms. The minimum absolute atomic E-state index is 0.00621. The van der Waals surface area contributed by atoms with Gasteiger partial charge in [-0.3, -0.25) is 0 Å². The molecule has 1 heteroatoms. The van der Waals surface area contributed by atoms with E-state index in [4.69, 9.17) is 0 Å². The molecule has 0 atom stereocenters. The molecule has 0 heterocycles. The molecule has 2 aliphatic carbocycles. The normalized spacial score (nSPS) is 17.2. The van der Waals surface area contributed by atoms with Crippen LogP contribution in [0.4, 0.5) is 17.1 Å². The van der Waals surface area contributed by atoms with Gasteiger partial charge in [0.15, 0.2) is 0 Å². The molecule has 0 saturated heterocycles. The Morgan fingerprint density at radius 3 is 1.45 bits per heavy atom. The molecule has 244 valence electrons. The molecule has 0 aliphatic heterocycles. The van der Waals surface area contributed by atoms with Crippen LogP contribution in [0.5, 0.6) is 0 Å². The van der Waals surface area contributed by atoms with Gasteiger partial charge in [-0.2, -0.15) is 0 Å². The van der Waals surface area contributed by atoms with Crippen LogP contribution in [-0.2, 0) is 21.7 Å². The van der Waals surface area contributed by atoms with Crippen molar-refractivity contribution in [3.63, 3.8) is 0 Å². The number of para-hydroxylation sites is 1. The second-order valence-electron chi connectivity index (χ2n) is 16.3. The van der Waals surface area contributed by atoms with Crippen LogP contribution < -0.4 is 4.90 Å². The average Bonchev–Trinajstić information content (AvgIpc) is 3.11. The van der Waals surface area contributed by atoms with Gasteiger partial charge in [-0.25, -0.2) is 0 Å². The third-order valence-corrected chi connectivity index (χ3v) is 13.0. The van der Waals surface area contributed by atoms with Crippen molar-refractivity contribution in [3.05, 3.63) is 162 Å². The van der Waals surface area contributed by atoms with Crippen LogP contribution in [0.2, 0.25) is 0 Å². The molecule has 0 N–H and O–H groups in total. The van der Waals surface area contributed by atoms with Crippen molar-refractivity contribution in [1.82, 2.24) is 0 Å². The first-order valence-corrected chi connectivity index (χ1v) is 17.8. The van der Waals surface area contributed by atoms with Crippen LogP contribution in [0.25, 0.3) is 33.4 Å². The fraction of sp³-hybridized carbons (Fsp3) is 0.250. The number of hydrogen-bond donors (Lipinski definition) is 0. The zero-order valence-corrected chi connectivity index (χ0v) is 30.2. The highest BCUT2D eigenvalue weighted by molar-refractivity contribution is 5.87. The third-order valence-electron chi connectivity index (χ3n) is 13.0. The summed E-state index contributed by atoms with van der Waals surface area (Å²) in [5.74, 6) is 0. The summed E-state index contributed by atoms with van der Waals surface area (Å²) in [7, 11) is 0. The molecule has 8 rings (SSSR count). The Kier molecular flexibility index (Phi) is 6.93. The van der Waals surface area contributed by atoms with Crippen molar-refractivity contribution in [1.29, 1.82) is 0 Å². The van der Waals surface area contributed by atoms with Gasteiger partial charge in [0.05, 0.1) is 0 Å². The second kappa shape index (κ2) is 10.8. The van der Waals surface area contributed by atoms with E-state index in [1.807, 2.05) is 0 Å². The molecule has 49 heavy (non-hydrogen) atoms. The first-order chi connectivity index (χ1) is 23.3. The van der Waals surface area contributed by atoms with E-state index in [1.54, 1.807) is 0 Å². The van der Waals surface area contributed by atoms with Crippen molar-refractivity contribution in [2.45, 2.75) is 77.0 Å². The fourth-order valence-corrected chi connectivity index (χ4v) is 8.60. The van der Waals surface area contributed by atoms with Gasteiger partial charge in [0.1, 0.15) is 0 Å². The molecule has 0 radical (unpaired) electrons. The van der Waals surface area contributed by atoms with Crippen LogP contribution >= 0.6 is 0 Å². The Balaban J connectivity index is 1.31. The third kappa shape index (κ3) is 4.51. The number of fused-ring (bicyclic) bond motifs is 6. The zero-order chi connectivity index (χ0) is 34.3. The summed E-state index contributed by atoms with van der Waals surface area (Å²) in [6.45, 7) is 19.3. The summed E-state index contributed by atoms with van der Waals surface area (Å²) < 4.78 is 0. The molecule has 0 saturated carbocycles. The zero-order valence-electron chi connectivity index (χ0n) is 30.2. The van der Waals surface area contributed by atoms with Crippen LogP contribution in [0.1, 0.15) is 77.6 Å². The summed E-state index contributed by atoms with van der Waals surface area (Å²) >= 11 is 0. The molecule has 6 aromatic carbocycles. The summed E-state index contributed by atoms with van der Waals surface area (Å²) in [5, 5.41) is 0. The van der Waals surface area contributed by atoms with Gasteiger partial charge in [-0.15, -0.1) is 0 Å². The molecular weight excluding hydrogens is 591 g/mol. The van der Waals surface area contributed by atoms with Crippen molar-refractivity contribution < 1.29 is 0 Å². The first kappa shape index (κ1) is 31.4. The maximum absolute atomic E-state index is 2.47. The van der Waals surface area contributed by atoms with Gasteiger partial charge in [0.25, 0.3) is 0 Å². The van der Waals surface area contributed by atoms with Gasteiger partial charge >= 0.3 is 0 Å². The van der Waals surface area contributed by atoms with Gasteiger partial charge in [-0.05, 0) is 120 Å². The van der Waals surface area contributed by atoms with Crippen molar-refractivity contribution in [3.8, 4) is 33.4 Å². The molecule has 2 aliphatic rings. The molecular formula is C48H47N. The van der Waals surface area contributed by atoms with E-state index in [2.05, 4.69) is 200 Å². The molecule has 6 aromatic rings. The first-order valence-electron chi connectivity index (χ1n) is 17.8. The maximum atomic E-state index is 2.47. The van der Waals surface area contributed by atoms with Gasteiger partial charge in [-0.1, -0.05) is 152 Å². The van der Waals surface area contributed by atoms with E-state index >= 15 is 0 Å². The summed E-state index contributed by atoms with van der Waals surface area (Å²) in [5.41, 5.74) is 16.8. The van der Waals surface area contributed by atoms with Crippen LogP contribution in [0.3, 0.4) is 0 Å². The van der Waals surface area contributed by atoms with Crippen molar-refractivity contribution in [2.75, 3.05) is 4.90 Å². The van der Waals surface area contributed by atoms with Crippen LogP contribution in [0, 0.1) is 0 Å². The SMILES string of the molecule is CC1(C)c2ccccc2-c2cc(N(c3ccccc3)c3ccc4c(c3)C(C)(C)C(C)(C)c3cc(-c5ccccc5)ccc3-4)ccc2C1(C)C. The van der Waals surface area contributed by atoms with Gasteiger partial charge in [0.2, 0.25) is 0 Å². The minimum atomic E-state index is -0.118. The number of benzene rings is 6. The van der Waals surface area contributed by atoms with Gasteiger partial charge in [0, 0.05) is 17.1 Å². The predicted molar refractivity (Wildman–Crippen MR) is 210 cm³/mol. The lowest BCUT2D eigenvalue weighted by Gasteiger charge is -2.49. The lowest BCUT2D eigenvalue weighted by atomic mass is 9.55. The van der Waals surface area contributed by atoms with Gasteiger partial charge < -0.3 is 4.90 Å². The van der Waals surface area contributed by atoms with E-state index in [0.29, 0.717) is 0 Å². The Morgan fingerprint density at radius 2 is 0.776 bits per heavy atom. The Labute approximate surface area is 293 Å². The van der Waals surface area contributed by atoms with Crippen molar-refractivity contribution >= 4 is 17.1 Å². The highest BCUT2D eigenvalue weighted by Crippen LogP contribution is 2.57. The number of rotatable bonds is 4. The van der Waals surface area contributed by atoms with E-state index in [9.17, 15) is 0 Å². The van der Waals surface area contributed by atoms with Crippen molar-refractivity contribution in [2.24, 2.45) is 0 Å². The summed E-state index contributed by atoms with van der Waals surface area (Å²) in [6.07, 6.45) is 0. The minimum Gasteiger partial charge on any atom is -0.310 e. The molecule has 0 fully saturated rings. The van der Waals surface area contributed by atoms with Crippen LogP contribution in [-0.4, -0.2) is 0 Å². The van der Waals surface area contributed by atoms with E-state index < -0.39 is 0 Å². The summed E-state index contributed by atoms with van der Waals surface area (Å²) in [4.78, 5) is 2.45. The average molecular weight is 638 g/mol. The number of hydrogen-bond acceptors (Lipinski definition) is 1. The Hall–Kier alpha value is -4.88. The van der Waals surface area contributed by atoms with E-state index in [1.165, 1.54) is 67.0 Å². The lowest BCUT2D eigenvalue weighted by Crippen LogP contribution is -2.43. The van der Waals surface area contributed by atoms with E-state index in [0.717, 1.165) is 5.69 Å². The second-order valence-corrected chi connectivity index (χ2v) is 16.3. The molecule has 0 aromatic heterocycles. The standard InChI is InChI=1S/C48H47N/c1-45(2)41-22-16-15-21-37(41)40-30-35(25-28-42(40)46(45,3)4)49(34-19-13-10-14-20-34)36-24-27-39-38-26-23-33(32-17-11-9-12-18-32)29-43(38)47(5,6)48(7,8)44(39)31-36/h9-31H,1-8H3. The predicted octanol–water partition coefficient (Wildman–Crippen LogP) is 13.3.